The Kier molecular flexibility index (Phi) is 8.38. The van der Waals surface area contributed by atoms with Gasteiger partial charge in [-0.3, -0.25) is 0 Å². The van der Waals surface area contributed by atoms with E-state index >= 15 is 0 Å². The van der Waals surface area contributed by atoms with Gasteiger partial charge in [0.1, 0.15) is 0 Å². The molecule has 2 heterocycles. The van der Waals surface area contributed by atoms with Gasteiger partial charge in [0.05, 0.1) is 22.1 Å². The third kappa shape index (κ3) is 5.78. The van der Waals surface area contributed by atoms with E-state index in [0.29, 0.717) is 10.0 Å². The smallest absolute Gasteiger partial charge is 0.0542 e. The fraction of sp³-hybridized carbons (Fsp3) is 0.0566. The Morgan fingerprint density at radius 2 is 0.672 bits per heavy atom. The predicted molar refractivity (Wildman–Crippen MR) is 248 cm³/mol. The normalized spacial score (nSPS) is 11.9. The molecule has 0 aliphatic rings. The molecule has 0 bridgehead atoms. The average Bonchev–Trinajstić information content (AvgIpc) is 3.73. The minimum atomic E-state index is 0.710. The van der Waals surface area contributed by atoms with Crippen LogP contribution in [0.3, 0.4) is 0 Å². The zero-order valence-corrected chi connectivity index (χ0v) is 33.9. The molecule has 0 amide bonds. The highest BCUT2D eigenvalue weighted by Crippen LogP contribution is 2.39. The van der Waals surface area contributed by atoms with Gasteiger partial charge in [-0.1, -0.05) is 119 Å². The fourth-order valence-corrected chi connectivity index (χ4v) is 9.77. The van der Waals surface area contributed by atoms with Crippen LogP contribution in [0.4, 0.5) is 0 Å². The Morgan fingerprint density at radius 1 is 0.345 bits per heavy atom. The number of nitrogens with zero attached hydrogens (tertiary/aromatic N) is 2. The monoisotopic (exact) mass is 804 g/mol. The van der Waals surface area contributed by atoms with Crippen LogP contribution < -0.4 is 0 Å². The highest BCUT2D eigenvalue weighted by Gasteiger charge is 2.18. The van der Waals surface area contributed by atoms with E-state index in [4.69, 9.17) is 34.8 Å². The Morgan fingerprint density at radius 3 is 1.03 bits per heavy atom. The molecule has 11 aromatic rings. The minimum Gasteiger partial charge on any atom is -0.309 e. The van der Waals surface area contributed by atoms with Gasteiger partial charge in [0, 0.05) is 48.0 Å². The van der Waals surface area contributed by atoms with Gasteiger partial charge in [-0.15, -0.1) is 0 Å². The number of halogens is 3. The molecule has 2 aromatic heterocycles. The highest BCUT2D eigenvalue weighted by atomic mass is 35.5. The van der Waals surface area contributed by atoms with E-state index in [-0.39, 0.29) is 0 Å². The summed E-state index contributed by atoms with van der Waals surface area (Å²) in [5.41, 5.74) is 13.2. The maximum absolute atomic E-state index is 6.49. The van der Waals surface area contributed by atoms with Crippen LogP contribution in [-0.2, 0) is 12.8 Å². The van der Waals surface area contributed by atoms with E-state index in [1.54, 1.807) is 0 Å². The minimum absolute atomic E-state index is 0.710. The molecular formula is C53H35Cl3N2. The van der Waals surface area contributed by atoms with E-state index in [1.165, 1.54) is 65.7 Å². The van der Waals surface area contributed by atoms with Gasteiger partial charge < -0.3 is 9.13 Å². The molecule has 5 heteroatoms. The molecule has 0 aliphatic carbocycles. The summed E-state index contributed by atoms with van der Waals surface area (Å²) in [4.78, 5) is 0. The van der Waals surface area contributed by atoms with Crippen molar-refractivity contribution in [2.75, 3.05) is 0 Å². The summed E-state index contributed by atoms with van der Waals surface area (Å²) in [5, 5.41) is 11.9. The maximum Gasteiger partial charge on any atom is 0.0542 e. The molecular weight excluding hydrogens is 771 g/mol. The molecule has 0 atom stereocenters. The lowest BCUT2D eigenvalue weighted by Crippen LogP contribution is -2.00. The molecule has 0 N–H and O–H groups in total. The molecule has 0 unspecified atom stereocenters. The first kappa shape index (κ1) is 35.2. The molecule has 0 saturated carbocycles. The number of hydrogen-bond acceptors (Lipinski definition) is 0. The molecule has 9 aromatic carbocycles. The zero-order chi connectivity index (χ0) is 39.1. The van der Waals surface area contributed by atoms with Gasteiger partial charge in [0.15, 0.2) is 0 Å². The quantitative estimate of drug-likeness (QED) is 0.148. The first-order valence-corrected chi connectivity index (χ1v) is 20.7. The third-order valence-corrected chi connectivity index (χ3v) is 12.6. The largest absolute Gasteiger partial charge is 0.309 e. The number of rotatable bonds is 6. The number of fused-ring (bicyclic) bond motifs is 8. The highest BCUT2D eigenvalue weighted by molar-refractivity contribution is 6.33. The lowest BCUT2D eigenvalue weighted by atomic mass is 9.86. The summed E-state index contributed by atoms with van der Waals surface area (Å²) >= 11 is 19.4. The summed E-state index contributed by atoms with van der Waals surface area (Å²) in [5.74, 6) is 0. The Hall–Kier alpha value is -6.03. The van der Waals surface area contributed by atoms with Crippen LogP contribution in [-0.4, -0.2) is 9.13 Å². The van der Waals surface area contributed by atoms with Crippen molar-refractivity contribution in [1.82, 2.24) is 9.13 Å². The molecule has 11 rings (SSSR count). The van der Waals surface area contributed by atoms with E-state index in [2.05, 4.69) is 156 Å². The van der Waals surface area contributed by atoms with Crippen molar-refractivity contribution in [1.29, 1.82) is 0 Å². The Balaban J connectivity index is 0.961. The SMILES string of the molecule is Cc1ccc2c(c1)c1cc(Cl)ccc1n2-c1ccc(Cc2c3ccccc3c(Cc3ccc(-n4c5ccc(Cl)cc5c5cc(Cl)ccc54)cc3)c3ccccc23)cc1. The van der Waals surface area contributed by atoms with Crippen LogP contribution in [0.25, 0.3) is 76.5 Å². The maximum atomic E-state index is 6.49. The van der Waals surface area contributed by atoms with Crippen molar-refractivity contribution < 1.29 is 0 Å². The predicted octanol–water partition coefficient (Wildman–Crippen LogP) is 15.6. The van der Waals surface area contributed by atoms with Crippen LogP contribution in [0.1, 0.15) is 27.8 Å². The van der Waals surface area contributed by atoms with Gasteiger partial charge in [-0.05, 0) is 155 Å². The van der Waals surface area contributed by atoms with E-state index in [9.17, 15) is 0 Å². The summed E-state index contributed by atoms with van der Waals surface area (Å²) in [6, 6.07) is 61.0. The number of hydrogen-bond donors (Lipinski definition) is 0. The molecule has 0 radical (unpaired) electrons. The summed E-state index contributed by atoms with van der Waals surface area (Å²) in [6.07, 6.45) is 1.64. The topological polar surface area (TPSA) is 9.86 Å². The van der Waals surface area contributed by atoms with E-state index in [1.807, 2.05) is 30.3 Å². The third-order valence-electron chi connectivity index (χ3n) is 11.9. The van der Waals surface area contributed by atoms with Gasteiger partial charge in [0.2, 0.25) is 0 Å². The second kappa shape index (κ2) is 13.8. The first-order valence-electron chi connectivity index (χ1n) is 19.6. The Bertz CT molecular complexity index is 3020. The van der Waals surface area contributed by atoms with Crippen LogP contribution in [0.2, 0.25) is 15.1 Å². The molecule has 58 heavy (non-hydrogen) atoms. The van der Waals surface area contributed by atoms with Crippen molar-refractivity contribution in [2.24, 2.45) is 0 Å². The number of benzene rings is 9. The van der Waals surface area contributed by atoms with Gasteiger partial charge >= 0.3 is 0 Å². The van der Waals surface area contributed by atoms with Gasteiger partial charge in [0.25, 0.3) is 0 Å². The molecule has 0 saturated heterocycles. The zero-order valence-electron chi connectivity index (χ0n) is 31.6. The lowest BCUT2D eigenvalue weighted by molar-refractivity contribution is 1.15. The standard InChI is InChI=1S/C53H35Cl3N2/c1-32-10-22-50-46(26-32)47-29-35(54)15-23-51(47)57(50)38-18-11-33(12-19-38)27-44-40-6-2-4-8-42(40)45(43-9-5-3-7-41(43)44)28-34-13-20-39(21-14-34)58-52-24-16-36(55)30-48(52)49-31-37(56)17-25-53(49)58/h2-26,29-31H,27-28H2,1H3. The molecule has 0 fully saturated rings. The van der Waals surface area contributed by atoms with Crippen molar-refractivity contribution in [3.8, 4) is 11.4 Å². The second-order valence-corrected chi connectivity index (χ2v) is 16.7. The van der Waals surface area contributed by atoms with Crippen molar-refractivity contribution in [3.05, 3.63) is 213 Å². The summed E-state index contributed by atoms with van der Waals surface area (Å²) in [6.45, 7) is 2.14. The van der Waals surface area contributed by atoms with Crippen molar-refractivity contribution in [2.45, 2.75) is 19.8 Å². The van der Waals surface area contributed by atoms with Crippen molar-refractivity contribution >= 4 is 100.0 Å². The lowest BCUT2D eigenvalue weighted by Gasteiger charge is -2.18. The molecule has 0 spiro atoms. The van der Waals surface area contributed by atoms with Crippen molar-refractivity contribution in [3.63, 3.8) is 0 Å². The number of aromatic nitrogens is 2. The second-order valence-electron chi connectivity index (χ2n) is 15.4. The molecule has 0 aliphatic heterocycles. The number of aryl methyl sites for hydroxylation is 1. The van der Waals surface area contributed by atoms with Gasteiger partial charge in [-0.25, -0.2) is 0 Å². The Labute approximate surface area is 351 Å². The van der Waals surface area contributed by atoms with Crippen LogP contribution in [0.15, 0.2) is 170 Å². The summed E-state index contributed by atoms with van der Waals surface area (Å²) < 4.78 is 4.65. The van der Waals surface area contributed by atoms with E-state index in [0.717, 1.165) is 56.6 Å². The van der Waals surface area contributed by atoms with Crippen LogP contribution in [0, 0.1) is 6.92 Å². The molecule has 278 valence electrons. The fourth-order valence-electron chi connectivity index (χ4n) is 9.26. The average molecular weight is 806 g/mol. The van der Waals surface area contributed by atoms with Gasteiger partial charge in [-0.2, -0.15) is 0 Å². The molecule has 2 nitrogen and oxygen atoms in total. The van der Waals surface area contributed by atoms with Crippen LogP contribution in [0.5, 0.6) is 0 Å². The summed E-state index contributed by atoms with van der Waals surface area (Å²) in [7, 11) is 0. The van der Waals surface area contributed by atoms with Crippen LogP contribution >= 0.6 is 34.8 Å². The van der Waals surface area contributed by atoms with E-state index < -0.39 is 0 Å². The first-order chi connectivity index (χ1) is 28.4.